The molecule has 2 amide bonds. The summed E-state index contributed by atoms with van der Waals surface area (Å²) in [5, 5.41) is 26.3. The molecule has 2 heterocycles. The van der Waals surface area contributed by atoms with Crippen molar-refractivity contribution in [2.45, 2.75) is 0 Å². The molecular weight excluding hydrogens is 504 g/mol. The van der Waals surface area contributed by atoms with E-state index in [4.69, 9.17) is 19.1 Å². The van der Waals surface area contributed by atoms with Gasteiger partial charge in [0.05, 0.1) is 11.9 Å². The van der Waals surface area contributed by atoms with Crippen LogP contribution >= 0.6 is 0 Å². The second-order valence-corrected chi connectivity index (χ2v) is 8.21. The molecule has 0 radical (unpaired) electrons. The number of anilines is 1. The molecule has 11 heteroatoms. The van der Waals surface area contributed by atoms with Crippen molar-refractivity contribution in [2.24, 2.45) is 5.10 Å². The Morgan fingerprint density at radius 3 is 2.49 bits per heavy atom. The van der Waals surface area contributed by atoms with E-state index >= 15 is 0 Å². The lowest BCUT2D eigenvalue weighted by Crippen LogP contribution is -2.32. The first-order valence-corrected chi connectivity index (χ1v) is 11.6. The minimum absolute atomic E-state index is 0.0450. The monoisotopic (exact) mass is 525 g/mol. The van der Waals surface area contributed by atoms with E-state index in [2.05, 4.69) is 15.8 Å². The van der Waals surface area contributed by atoms with Crippen LogP contribution in [0.25, 0.3) is 17.4 Å². The molecule has 1 aliphatic heterocycles. The molecule has 39 heavy (non-hydrogen) atoms. The lowest BCUT2D eigenvalue weighted by molar-refractivity contribution is -0.117. The normalized spacial score (nSPS) is 12.4. The molecule has 0 atom stereocenters. The molecule has 196 valence electrons. The molecule has 11 nitrogen and oxygen atoms in total. The highest BCUT2D eigenvalue weighted by Gasteiger charge is 2.17. The number of nitrogens with zero attached hydrogens (tertiary/aromatic N) is 2. The van der Waals surface area contributed by atoms with Gasteiger partial charge in [-0.2, -0.15) is 5.10 Å². The molecule has 1 aromatic heterocycles. The number of ether oxygens (including phenoxy) is 2. The van der Waals surface area contributed by atoms with Gasteiger partial charge in [-0.1, -0.05) is 24.3 Å². The third-order valence-electron chi connectivity index (χ3n) is 5.59. The van der Waals surface area contributed by atoms with Gasteiger partial charge in [-0.25, -0.2) is 5.43 Å². The predicted octanol–water partition coefficient (Wildman–Crippen LogP) is 4.29. The van der Waals surface area contributed by atoms with Gasteiger partial charge in [-0.3, -0.25) is 14.8 Å². The van der Waals surface area contributed by atoms with Gasteiger partial charge in [-0.15, -0.1) is 0 Å². The summed E-state index contributed by atoms with van der Waals surface area (Å²) in [7, 11) is 0. The Balaban J connectivity index is 1.31. The van der Waals surface area contributed by atoms with Crippen LogP contribution in [0.5, 0.6) is 11.5 Å². The van der Waals surface area contributed by atoms with Crippen molar-refractivity contribution in [3.63, 3.8) is 0 Å². The number of nitrogens with one attached hydrogen (secondary N) is 2. The largest absolute Gasteiger partial charge is 0.733 e. The zero-order chi connectivity index (χ0) is 27.2. The fraction of sp³-hybridized carbons (Fsp3) is 0.0357. The first-order valence-electron chi connectivity index (χ1n) is 11.6. The van der Waals surface area contributed by atoms with Crippen LogP contribution in [0, 0.1) is 5.21 Å². The quantitative estimate of drug-likeness (QED) is 0.175. The maximum absolute atomic E-state index is 13.0. The number of hydrogen-bond donors (Lipinski definition) is 3. The van der Waals surface area contributed by atoms with Crippen LogP contribution < -0.4 is 25.4 Å². The third-order valence-corrected chi connectivity index (χ3v) is 5.59. The summed E-state index contributed by atoms with van der Waals surface area (Å²) in [6, 6.07) is 23.1. The van der Waals surface area contributed by atoms with Crippen LogP contribution in [0.15, 0.2) is 100 Å². The average Bonchev–Trinajstić information content (AvgIpc) is 3.63. The number of furan rings is 1. The molecule has 0 bridgehead atoms. The van der Waals surface area contributed by atoms with Crippen LogP contribution in [0.1, 0.15) is 21.7 Å². The molecular formula is C28H21N4O7-. The summed E-state index contributed by atoms with van der Waals surface area (Å²) in [4.78, 5) is 25.8. The van der Waals surface area contributed by atoms with Crippen LogP contribution in [-0.2, 0) is 4.79 Å². The molecule has 0 spiro atoms. The van der Waals surface area contributed by atoms with E-state index in [0.29, 0.717) is 39.7 Å². The second-order valence-electron chi connectivity index (χ2n) is 8.21. The highest BCUT2D eigenvalue weighted by Crippen LogP contribution is 2.33. The minimum Gasteiger partial charge on any atom is -0.733 e. The lowest BCUT2D eigenvalue weighted by Gasteiger charge is -2.21. The van der Waals surface area contributed by atoms with Crippen molar-refractivity contribution in [1.82, 2.24) is 10.7 Å². The van der Waals surface area contributed by atoms with E-state index in [0.717, 1.165) is 0 Å². The Bertz CT molecular complexity index is 1540. The van der Waals surface area contributed by atoms with Crippen LogP contribution in [0.4, 0.5) is 5.69 Å². The molecule has 3 aromatic carbocycles. The van der Waals surface area contributed by atoms with E-state index in [1.165, 1.54) is 24.4 Å². The molecule has 0 unspecified atom stereocenters. The Morgan fingerprint density at radius 1 is 0.949 bits per heavy atom. The van der Waals surface area contributed by atoms with Gasteiger partial charge in [0.2, 0.25) is 6.79 Å². The Morgan fingerprint density at radius 2 is 1.72 bits per heavy atom. The van der Waals surface area contributed by atoms with Gasteiger partial charge in [0.1, 0.15) is 17.2 Å². The number of fused-ring (bicyclic) bond motifs is 1. The first kappa shape index (κ1) is 25.3. The first-order chi connectivity index (χ1) is 19.0. The van der Waals surface area contributed by atoms with E-state index in [1.807, 2.05) is 0 Å². The van der Waals surface area contributed by atoms with Crippen molar-refractivity contribution in [2.75, 3.05) is 12.0 Å². The summed E-state index contributed by atoms with van der Waals surface area (Å²) in [5.74, 6) is 0.817. The summed E-state index contributed by atoms with van der Waals surface area (Å²) in [6.45, 7) is 0.108. The van der Waals surface area contributed by atoms with Crippen LogP contribution in [0.3, 0.4) is 0 Å². The number of carbonyl (C=O) groups is 2. The number of benzene rings is 3. The van der Waals surface area contributed by atoms with E-state index < -0.39 is 11.8 Å². The van der Waals surface area contributed by atoms with E-state index in [9.17, 15) is 14.8 Å². The number of rotatable bonds is 8. The van der Waals surface area contributed by atoms with Crippen LogP contribution in [-0.4, -0.2) is 30.0 Å². The van der Waals surface area contributed by atoms with Gasteiger partial charge < -0.3 is 29.6 Å². The van der Waals surface area contributed by atoms with Gasteiger partial charge in [0.25, 0.3) is 11.8 Å². The predicted molar refractivity (Wildman–Crippen MR) is 142 cm³/mol. The minimum atomic E-state index is -0.665. The number of amides is 2. The fourth-order valence-corrected chi connectivity index (χ4v) is 3.66. The number of carbonyl (C=O) groups excluding carboxylic acids is 2. The molecule has 0 fully saturated rings. The van der Waals surface area contributed by atoms with Gasteiger partial charge >= 0.3 is 0 Å². The van der Waals surface area contributed by atoms with Crippen molar-refractivity contribution < 1.29 is 28.7 Å². The fourth-order valence-electron chi connectivity index (χ4n) is 3.66. The Labute approximate surface area is 222 Å². The van der Waals surface area contributed by atoms with Crippen molar-refractivity contribution in [3.8, 4) is 22.8 Å². The molecule has 4 aromatic rings. The standard InChI is InChI=1S/C28H21N4O7/c33-27(20-4-2-1-3-5-20)30-23(14-18-6-12-25-26(15-18)38-17-37-25)28(34)31-29-16-22-11-13-24(39-22)19-7-9-21(10-8-19)32(35)36/h1-16,35H,17H2,(H,30,33)(H,31,34)/q-1. The Kier molecular flexibility index (Phi) is 7.35. The average molecular weight is 525 g/mol. The van der Waals surface area contributed by atoms with Crippen molar-refractivity contribution in [1.29, 1.82) is 0 Å². The second kappa shape index (κ2) is 11.3. The maximum atomic E-state index is 13.0. The molecule has 3 N–H and O–H groups in total. The summed E-state index contributed by atoms with van der Waals surface area (Å²) in [5.41, 5.74) is 4.08. The topological polar surface area (TPSA) is 149 Å². The summed E-state index contributed by atoms with van der Waals surface area (Å²) >= 11 is 0. The molecule has 0 saturated heterocycles. The highest BCUT2D eigenvalue weighted by molar-refractivity contribution is 6.05. The maximum Gasteiger partial charge on any atom is 0.287 e. The lowest BCUT2D eigenvalue weighted by atomic mass is 10.1. The zero-order valence-corrected chi connectivity index (χ0v) is 20.2. The van der Waals surface area contributed by atoms with Gasteiger partial charge in [0, 0.05) is 11.1 Å². The van der Waals surface area contributed by atoms with Crippen molar-refractivity contribution in [3.05, 3.63) is 113 Å². The molecule has 0 aliphatic carbocycles. The van der Waals surface area contributed by atoms with Crippen LogP contribution in [0.2, 0.25) is 0 Å². The van der Waals surface area contributed by atoms with Gasteiger partial charge in [-0.05, 0) is 72.3 Å². The summed E-state index contributed by atoms with van der Waals surface area (Å²) in [6.07, 6.45) is 2.80. The number of hydrazone groups is 1. The highest BCUT2D eigenvalue weighted by atomic mass is 16.8. The Hall–Kier alpha value is -5.39. The summed E-state index contributed by atoms with van der Waals surface area (Å²) < 4.78 is 16.4. The molecule has 0 saturated carbocycles. The van der Waals surface area contributed by atoms with E-state index in [1.54, 1.807) is 72.8 Å². The smallest absolute Gasteiger partial charge is 0.287 e. The number of hydrogen-bond acceptors (Lipinski definition) is 9. The van der Waals surface area contributed by atoms with Crippen molar-refractivity contribution >= 4 is 29.8 Å². The molecule has 5 rings (SSSR count). The van der Waals surface area contributed by atoms with Gasteiger partial charge in [0.15, 0.2) is 11.5 Å². The zero-order valence-electron chi connectivity index (χ0n) is 20.2. The van der Waals surface area contributed by atoms with E-state index in [-0.39, 0.29) is 23.4 Å². The molecule has 1 aliphatic rings. The third kappa shape index (κ3) is 6.13. The SMILES string of the molecule is O=C(NN=Cc1ccc(-c2ccc(N([O-])O)cc2)o1)C(=Cc1ccc2c(c1)OCO2)NC(=O)c1ccccc1.